The van der Waals surface area contributed by atoms with E-state index in [1.54, 1.807) is 11.1 Å². The number of nitro groups is 1. The fraction of sp³-hybridized carbons (Fsp3) is 0.474. The Balaban J connectivity index is 1.92. The minimum Gasteiger partial charge on any atom is -0.361 e. The lowest BCUT2D eigenvalue weighted by molar-refractivity contribution is -0.384. The number of hydrogen-bond donors (Lipinski definition) is 0. The first kappa shape index (κ1) is 22.1. The van der Waals surface area contributed by atoms with Crippen LogP contribution in [0.3, 0.4) is 0 Å². The van der Waals surface area contributed by atoms with E-state index in [0.717, 1.165) is 16.6 Å². The average molecular weight is 498 g/mol. The first-order valence-electron chi connectivity index (χ1n) is 9.26. The zero-order valence-electron chi connectivity index (χ0n) is 17.1. The van der Waals surface area contributed by atoms with Gasteiger partial charge in [0.25, 0.3) is 5.69 Å². The third kappa shape index (κ3) is 4.45. The van der Waals surface area contributed by atoms with Gasteiger partial charge in [-0.3, -0.25) is 19.8 Å². The van der Waals surface area contributed by atoms with Crippen LogP contribution in [0.5, 0.6) is 0 Å². The lowest BCUT2D eigenvalue weighted by Gasteiger charge is -2.22. The van der Waals surface area contributed by atoms with Crippen LogP contribution < -0.4 is 4.90 Å². The van der Waals surface area contributed by atoms with E-state index in [9.17, 15) is 14.9 Å². The average Bonchev–Trinajstić information content (AvgIpc) is 3.11. The van der Waals surface area contributed by atoms with Crippen molar-refractivity contribution in [1.29, 1.82) is 0 Å². The Bertz CT molecular complexity index is 971. The summed E-state index contributed by atoms with van der Waals surface area (Å²) >= 11 is 4.58. The van der Waals surface area contributed by atoms with E-state index in [1.165, 1.54) is 17.4 Å². The van der Waals surface area contributed by atoms with Crippen molar-refractivity contribution in [3.05, 3.63) is 38.5 Å². The third-order valence-corrected chi connectivity index (χ3v) is 8.19. The molecule has 0 fully saturated rings. The third-order valence-electron chi connectivity index (χ3n) is 4.89. The summed E-state index contributed by atoms with van der Waals surface area (Å²) in [6, 6.07) is 4.32. The second-order valence-corrected chi connectivity index (χ2v) is 16.4. The van der Waals surface area contributed by atoms with Crippen LogP contribution in [0.25, 0.3) is 10.6 Å². The molecule has 7 nitrogen and oxygen atoms in total. The van der Waals surface area contributed by atoms with E-state index in [-0.39, 0.29) is 18.3 Å². The van der Waals surface area contributed by atoms with Crippen LogP contribution in [-0.2, 0) is 14.9 Å². The Labute approximate surface area is 183 Å². The van der Waals surface area contributed by atoms with Crippen LogP contribution in [0.2, 0.25) is 25.7 Å². The quantitative estimate of drug-likeness (QED) is 0.220. The largest absolute Gasteiger partial charge is 0.361 e. The van der Waals surface area contributed by atoms with Crippen LogP contribution in [0.1, 0.15) is 19.4 Å². The highest BCUT2D eigenvalue weighted by molar-refractivity contribution is 9.10. The van der Waals surface area contributed by atoms with Gasteiger partial charge in [-0.25, -0.2) is 4.98 Å². The van der Waals surface area contributed by atoms with Crippen LogP contribution in [0.4, 0.5) is 10.7 Å². The van der Waals surface area contributed by atoms with Crippen molar-refractivity contribution < 1.29 is 14.5 Å². The van der Waals surface area contributed by atoms with Gasteiger partial charge in [-0.2, -0.15) is 0 Å². The fourth-order valence-corrected chi connectivity index (χ4v) is 5.49. The Kier molecular flexibility index (Phi) is 6.01. The number of carbonyl (C=O) groups excluding carboxylic acids is 1. The minimum atomic E-state index is -1.21. The van der Waals surface area contributed by atoms with E-state index >= 15 is 0 Å². The highest BCUT2D eigenvalue weighted by atomic mass is 79.9. The van der Waals surface area contributed by atoms with Crippen molar-refractivity contribution in [3.8, 4) is 10.6 Å². The maximum Gasteiger partial charge on any atom is 0.297 e. The molecule has 2 aromatic heterocycles. The van der Waals surface area contributed by atoms with Crippen molar-refractivity contribution in [2.24, 2.45) is 0 Å². The number of anilines is 1. The number of pyridine rings is 1. The SMILES string of the molecule is CC1(C)C(=O)N(COCC[Si](C)(C)C)c2sc(-c3ncc(Br)cc3[N+](=O)[O-])cc21. The molecule has 0 aliphatic carbocycles. The van der Waals surface area contributed by atoms with Gasteiger partial charge in [-0.15, -0.1) is 11.3 Å². The van der Waals surface area contributed by atoms with Gasteiger partial charge >= 0.3 is 0 Å². The molecular weight excluding hydrogens is 474 g/mol. The van der Waals surface area contributed by atoms with Crippen molar-refractivity contribution in [1.82, 2.24) is 4.98 Å². The highest BCUT2D eigenvalue weighted by Crippen LogP contribution is 2.50. The molecule has 0 N–H and O–H groups in total. The summed E-state index contributed by atoms with van der Waals surface area (Å²) in [6.45, 7) is 11.4. The number of hydrogen-bond acceptors (Lipinski definition) is 6. The van der Waals surface area contributed by atoms with Gasteiger partial charge in [0.05, 0.1) is 15.2 Å². The number of ether oxygens (including phenoxy) is 1. The lowest BCUT2D eigenvalue weighted by atomic mass is 9.87. The first-order valence-corrected chi connectivity index (χ1v) is 14.6. The summed E-state index contributed by atoms with van der Waals surface area (Å²) < 4.78 is 6.37. The standard InChI is InChI=1S/C19H24BrN3O4SSi/c1-19(2)13-9-15(16-14(23(25)26)8-12(20)10-21-16)28-17(13)22(18(19)24)11-27-6-7-29(3,4)5/h8-10H,6-7,11H2,1-5H3. The van der Waals surface area contributed by atoms with Crippen molar-refractivity contribution in [2.45, 2.75) is 44.9 Å². The number of thiophene rings is 1. The second kappa shape index (κ2) is 7.90. The topological polar surface area (TPSA) is 85.6 Å². The summed E-state index contributed by atoms with van der Waals surface area (Å²) in [6.07, 6.45) is 1.54. The molecule has 1 aliphatic rings. The molecule has 29 heavy (non-hydrogen) atoms. The number of amides is 1. The number of aromatic nitrogens is 1. The molecule has 3 heterocycles. The summed E-state index contributed by atoms with van der Waals surface area (Å²) in [7, 11) is -1.21. The molecule has 0 unspecified atom stereocenters. The molecule has 156 valence electrons. The van der Waals surface area contributed by atoms with Crippen LogP contribution in [-0.4, -0.2) is 37.2 Å². The fourth-order valence-electron chi connectivity index (χ4n) is 3.10. The Morgan fingerprint density at radius 2 is 2.03 bits per heavy atom. The van der Waals surface area contributed by atoms with Crippen LogP contribution in [0.15, 0.2) is 22.8 Å². The van der Waals surface area contributed by atoms with Crippen molar-refractivity contribution in [3.63, 3.8) is 0 Å². The molecule has 0 saturated heterocycles. The molecule has 1 amide bonds. The Hall–Kier alpha value is -1.62. The van der Waals surface area contributed by atoms with Gasteiger partial charge < -0.3 is 4.74 Å². The molecular formula is C19H24BrN3O4SSi. The van der Waals surface area contributed by atoms with Crippen LogP contribution >= 0.6 is 27.3 Å². The van der Waals surface area contributed by atoms with Gasteiger partial charge in [0, 0.05) is 37.0 Å². The Morgan fingerprint density at radius 1 is 1.34 bits per heavy atom. The number of carbonyl (C=O) groups is 1. The van der Waals surface area contributed by atoms with Crippen LogP contribution in [0, 0.1) is 10.1 Å². The molecule has 10 heteroatoms. The maximum absolute atomic E-state index is 12.9. The Morgan fingerprint density at radius 3 is 2.66 bits per heavy atom. The predicted octanol–water partition coefficient (Wildman–Crippen LogP) is 5.42. The summed E-state index contributed by atoms with van der Waals surface area (Å²) in [5.41, 5.74) is 0.383. The molecule has 0 bridgehead atoms. The van der Waals surface area contributed by atoms with E-state index in [1.807, 2.05) is 19.9 Å². The van der Waals surface area contributed by atoms with Gasteiger partial charge in [0.1, 0.15) is 11.7 Å². The molecule has 0 atom stereocenters. The molecule has 0 saturated carbocycles. The summed E-state index contributed by atoms with van der Waals surface area (Å²) in [5, 5.41) is 12.3. The minimum absolute atomic E-state index is 0.0171. The van der Waals surface area contributed by atoms with E-state index in [4.69, 9.17) is 4.74 Å². The molecule has 2 aromatic rings. The number of rotatable bonds is 7. The zero-order valence-corrected chi connectivity index (χ0v) is 20.5. The van der Waals surface area contributed by atoms with Crippen molar-refractivity contribution >= 4 is 51.9 Å². The zero-order chi connectivity index (χ0) is 21.6. The van der Waals surface area contributed by atoms with E-state index in [2.05, 4.69) is 40.6 Å². The second-order valence-electron chi connectivity index (χ2n) is 8.81. The van der Waals surface area contributed by atoms with Gasteiger partial charge in [-0.05, 0) is 41.9 Å². The van der Waals surface area contributed by atoms with Gasteiger partial charge in [0.2, 0.25) is 5.91 Å². The molecule has 3 rings (SSSR count). The number of fused-ring (bicyclic) bond motifs is 1. The first-order chi connectivity index (χ1) is 13.4. The van der Waals surface area contributed by atoms with E-state index in [0.29, 0.717) is 21.7 Å². The number of halogens is 1. The molecule has 0 radical (unpaired) electrons. The van der Waals surface area contributed by atoms with Gasteiger partial charge in [-0.1, -0.05) is 19.6 Å². The molecule has 0 spiro atoms. The smallest absolute Gasteiger partial charge is 0.297 e. The lowest BCUT2D eigenvalue weighted by Crippen LogP contribution is -2.38. The van der Waals surface area contributed by atoms with Gasteiger partial charge in [0.15, 0.2) is 5.69 Å². The van der Waals surface area contributed by atoms with Crippen molar-refractivity contribution in [2.75, 3.05) is 18.2 Å². The number of nitrogens with zero attached hydrogens (tertiary/aromatic N) is 3. The van der Waals surface area contributed by atoms with E-state index < -0.39 is 18.4 Å². The maximum atomic E-state index is 12.9. The summed E-state index contributed by atoms with van der Waals surface area (Å²) in [4.78, 5) is 30.6. The molecule has 0 aromatic carbocycles. The highest BCUT2D eigenvalue weighted by Gasteiger charge is 2.46. The predicted molar refractivity (Wildman–Crippen MR) is 121 cm³/mol. The molecule has 1 aliphatic heterocycles. The summed E-state index contributed by atoms with van der Waals surface area (Å²) in [5.74, 6) is -0.0171. The monoisotopic (exact) mass is 497 g/mol. The normalized spacial score (nSPS) is 15.7.